The summed E-state index contributed by atoms with van der Waals surface area (Å²) in [7, 11) is 0. The van der Waals surface area contributed by atoms with Gasteiger partial charge in [-0.25, -0.2) is 0 Å². The predicted octanol–water partition coefficient (Wildman–Crippen LogP) is 3.56. The third kappa shape index (κ3) is 5.21. The van der Waals surface area contributed by atoms with E-state index in [1.165, 1.54) is 0 Å². The second kappa shape index (κ2) is 9.80. The quantitative estimate of drug-likeness (QED) is 0.413. The first-order valence-corrected chi connectivity index (χ1v) is 10.6. The third-order valence-corrected chi connectivity index (χ3v) is 5.19. The molecule has 7 nitrogen and oxygen atoms in total. The molecule has 0 saturated carbocycles. The van der Waals surface area contributed by atoms with Gasteiger partial charge in [0.05, 0.1) is 16.6 Å². The van der Waals surface area contributed by atoms with Gasteiger partial charge in [0.1, 0.15) is 0 Å². The van der Waals surface area contributed by atoms with Crippen molar-refractivity contribution in [1.29, 1.82) is 0 Å². The largest absolute Gasteiger partial charge is 0.416 e. The summed E-state index contributed by atoms with van der Waals surface area (Å²) in [5.41, 5.74) is -0.615. The van der Waals surface area contributed by atoms with Crippen molar-refractivity contribution in [2.75, 3.05) is 13.1 Å². The molecule has 0 saturated heterocycles. The van der Waals surface area contributed by atoms with E-state index in [0.717, 1.165) is 28.9 Å². The lowest BCUT2D eigenvalue weighted by Crippen LogP contribution is -2.36. The number of nitrogens with zero attached hydrogens (tertiary/aromatic N) is 2. The Hall–Kier alpha value is -4.47. The van der Waals surface area contributed by atoms with Crippen molar-refractivity contribution in [1.82, 2.24) is 20.4 Å². The van der Waals surface area contributed by atoms with Crippen molar-refractivity contribution in [3.63, 3.8) is 0 Å². The number of halogens is 3. The maximum absolute atomic E-state index is 12.9. The van der Waals surface area contributed by atoms with Crippen LogP contribution in [0, 0.1) is 0 Å². The van der Waals surface area contributed by atoms with Gasteiger partial charge in [0.15, 0.2) is 5.69 Å². The summed E-state index contributed by atoms with van der Waals surface area (Å²) in [5, 5.41) is 10.2. The van der Waals surface area contributed by atoms with E-state index in [2.05, 4.69) is 15.7 Å². The highest BCUT2D eigenvalue weighted by Crippen LogP contribution is 2.29. The molecule has 178 valence electrons. The van der Waals surface area contributed by atoms with Gasteiger partial charge in [0.25, 0.3) is 17.4 Å². The fourth-order valence-electron chi connectivity index (χ4n) is 3.45. The lowest BCUT2D eigenvalue weighted by Gasteiger charge is -2.12. The summed E-state index contributed by atoms with van der Waals surface area (Å²) in [6, 6.07) is 19.1. The smallest absolute Gasteiger partial charge is 0.350 e. The van der Waals surface area contributed by atoms with Crippen LogP contribution in [0.15, 0.2) is 83.7 Å². The van der Waals surface area contributed by atoms with Gasteiger partial charge in [0, 0.05) is 24.0 Å². The molecular weight excluding hydrogens is 461 g/mol. The van der Waals surface area contributed by atoms with Gasteiger partial charge in [0.2, 0.25) is 0 Å². The molecule has 2 amide bonds. The van der Waals surface area contributed by atoms with Gasteiger partial charge in [-0.1, -0.05) is 36.4 Å². The number of hydrogen-bond acceptors (Lipinski definition) is 4. The van der Waals surface area contributed by atoms with Gasteiger partial charge in [-0.15, -0.1) is 0 Å². The minimum atomic E-state index is -4.49. The van der Waals surface area contributed by atoms with E-state index < -0.39 is 23.6 Å². The van der Waals surface area contributed by atoms with E-state index in [1.54, 1.807) is 54.6 Å². The number of para-hydroxylation sites is 1. The Morgan fingerprint density at radius 3 is 1.97 bits per heavy atom. The van der Waals surface area contributed by atoms with Crippen LogP contribution in [0.2, 0.25) is 0 Å². The van der Waals surface area contributed by atoms with E-state index >= 15 is 0 Å². The third-order valence-electron chi connectivity index (χ3n) is 5.19. The van der Waals surface area contributed by atoms with Crippen molar-refractivity contribution < 1.29 is 22.8 Å². The second-order valence-electron chi connectivity index (χ2n) is 7.53. The molecule has 4 rings (SSSR count). The maximum Gasteiger partial charge on any atom is 0.416 e. The first kappa shape index (κ1) is 23.7. The van der Waals surface area contributed by atoms with Crippen molar-refractivity contribution in [2.24, 2.45) is 0 Å². The number of alkyl halides is 3. The summed E-state index contributed by atoms with van der Waals surface area (Å²) in [6.45, 7) is 0.0630. The van der Waals surface area contributed by atoms with Gasteiger partial charge in [-0.2, -0.15) is 23.0 Å². The molecule has 2 N–H and O–H groups in total. The summed E-state index contributed by atoms with van der Waals surface area (Å²) >= 11 is 0. The molecule has 1 heterocycles. The first-order valence-electron chi connectivity index (χ1n) is 10.6. The maximum atomic E-state index is 12.9. The van der Waals surface area contributed by atoms with Crippen molar-refractivity contribution in [3.05, 3.63) is 106 Å². The Balaban J connectivity index is 1.45. The topological polar surface area (TPSA) is 93.1 Å². The molecule has 10 heteroatoms. The molecule has 3 aromatic carbocycles. The van der Waals surface area contributed by atoms with Crippen LogP contribution in [-0.4, -0.2) is 34.7 Å². The monoisotopic (exact) mass is 480 g/mol. The zero-order valence-electron chi connectivity index (χ0n) is 18.2. The molecule has 0 fully saturated rings. The van der Waals surface area contributed by atoms with E-state index in [0.29, 0.717) is 16.5 Å². The fourth-order valence-corrected chi connectivity index (χ4v) is 3.45. The van der Waals surface area contributed by atoms with Crippen LogP contribution in [0.4, 0.5) is 13.2 Å². The van der Waals surface area contributed by atoms with E-state index in [4.69, 9.17) is 0 Å². The highest BCUT2D eigenvalue weighted by atomic mass is 19.4. The van der Waals surface area contributed by atoms with Crippen LogP contribution in [-0.2, 0) is 6.18 Å². The molecule has 0 unspecified atom stereocenters. The van der Waals surface area contributed by atoms with Crippen LogP contribution in [0.1, 0.15) is 26.4 Å². The van der Waals surface area contributed by atoms with Crippen LogP contribution < -0.4 is 16.2 Å². The number of fused-ring (bicyclic) bond motifs is 1. The van der Waals surface area contributed by atoms with Gasteiger partial charge >= 0.3 is 6.18 Å². The molecule has 1 aromatic heterocycles. The second-order valence-corrected chi connectivity index (χ2v) is 7.53. The Morgan fingerprint density at radius 2 is 1.34 bits per heavy atom. The van der Waals surface area contributed by atoms with Gasteiger partial charge in [-0.3, -0.25) is 14.4 Å². The number of aromatic nitrogens is 2. The van der Waals surface area contributed by atoms with E-state index in [9.17, 15) is 27.6 Å². The molecule has 0 radical (unpaired) electrons. The minimum absolute atomic E-state index is 0.0296. The number of carbonyl (C=O) groups excluding carboxylic acids is 2. The number of benzene rings is 3. The summed E-state index contributed by atoms with van der Waals surface area (Å²) in [4.78, 5) is 38.0. The zero-order valence-corrected chi connectivity index (χ0v) is 18.2. The van der Waals surface area contributed by atoms with Gasteiger partial charge in [-0.05, 0) is 42.5 Å². The standard InChI is InChI=1S/C25H19F3N4O3/c26-25(27,28)17-12-10-16(11-13-17)22(33)29-14-15-30-23(34)21-19-8-4-5-9-20(19)24(35)32(31-21)18-6-2-1-3-7-18/h1-13H,14-15H2,(H,29,33)(H,30,34). The molecule has 0 aliphatic carbocycles. The normalized spacial score (nSPS) is 11.3. The average molecular weight is 480 g/mol. The predicted molar refractivity (Wildman–Crippen MR) is 123 cm³/mol. The molecule has 0 aliphatic heterocycles. The Labute approximate surface area is 197 Å². The molecular formula is C25H19F3N4O3. The van der Waals surface area contributed by atoms with Gasteiger partial charge < -0.3 is 10.6 Å². The molecule has 35 heavy (non-hydrogen) atoms. The first-order chi connectivity index (χ1) is 16.8. The molecule has 0 bridgehead atoms. The number of carbonyl (C=O) groups is 2. The molecule has 0 spiro atoms. The van der Waals surface area contributed by atoms with E-state index in [1.807, 2.05) is 0 Å². The fraction of sp³-hybridized carbons (Fsp3) is 0.120. The van der Waals surface area contributed by atoms with E-state index in [-0.39, 0.29) is 29.9 Å². The molecule has 0 atom stereocenters. The van der Waals surface area contributed by atoms with Crippen LogP contribution in [0.25, 0.3) is 16.5 Å². The molecule has 4 aromatic rings. The Morgan fingerprint density at radius 1 is 0.771 bits per heavy atom. The summed E-state index contributed by atoms with van der Waals surface area (Å²) in [6.07, 6.45) is -4.49. The number of amides is 2. The number of hydrogen-bond donors (Lipinski definition) is 2. The highest BCUT2D eigenvalue weighted by Gasteiger charge is 2.30. The summed E-state index contributed by atoms with van der Waals surface area (Å²) < 4.78 is 39.1. The number of nitrogens with one attached hydrogen (secondary N) is 2. The highest BCUT2D eigenvalue weighted by molar-refractivity contribution is 6.04. The number of rotatable bonds is 6. The SMILES string of the molecule is O=C(NCCNC(=O)c1nn(-c2ccccc2)c(=O)c2ccccc12)c1ccc(C(F)(F)F)cc1. The lowest BCUT2D eigenvalue weighted by molar-refractivity contribution is -0.137. The Bertz CT molecular complexity index is 1430. The average Bonchev–Trinajstić information content (AvgIpc) is 2.87. The van der Waals surface area contributed by atoms with Crippen LogP contribution >= 0.6 is 0 Å². The molecule has 0 aliphatic rings. The van der Waals surface area contributed by atoms with Crippen molar-refractivity contribution >= 4 is 22.6 Å². The summed E-state index contributed by atoms with van der Waals surface area (Å²) in [5.74, 6) is -1.12. The van der Waals surface area contributed by atoms with Crippen LogP contribution in [0.5, 0.6) is 0 Å². The van der Waals surface area contributed by atoms with Crippen molar-refractivity contribution in [3.8, 4) is 5.69 Å². The van der Waals surface area contributed by atoms with Crippen LogP contribution in [0.3, 0.4) is 0 Å². The van der Waals surface area contributed by atoms with Crippen molar-refractivity contribution in [2.45, 2.75) is 6.18 Å². The minimum Gasteiger partial charge on any atom is -0.350 e. The Kier molecular flexibility index (Phi) is 6.63. The lowest BCUT2D eigenvalue weighted by atomic mass is 10.1. The zero-order chi connectivity index (χ0) is 25.0.